The molecule has 1 unspecified atom stereocenters. The zero-order valence-corrected chi connectivity index (χ0v) is 11.6. The Balaban J connectivity index is 2.95. The van der Waals surface area contributed by atoms with Crippen molar-refractivity contribution in [3.05, 3.63) is 29.8 Å². The largest absolute Gasteiger partial charge is 0.494 e. The summed E-state index contributed by atoms with van der Waals surface area (Å²) in [5, 5.41) is 9.02. The Morgan fingerprint density at radius 3 is 2.22 bits per heavy atom. The van der Waals surface area contributed by atoms with E-state index in [-0.39, 0.29) is 17.8 Å². The van der Waals surface area contributed by atoms with Gasteiger partial charge in [0.05, 0.1) is 13.0 Å². The highest BCUT2D eigenvalue weighted by Gasteiger charge is 2.28. The van der Waals surface area contributed by atoms with Crippen molar-refractivity contribution in [3.8, 4) is 5.75 Å². The van der Waals surface area contributed by atoms with Gasteiger partial charge in [0.15, 0.2) is 0 Å². The number of aliphatic carboxylic acids is 1. The minimum atomic E-state index is -0.760. The van der Waals surface area contributed by atoms with Gasteiger partial charge in [0, 0.05) is 0 Å². The van der Waals surface area contributed by atoms with E-state index < -0.39 is 5.97 Å². The molecular formula is C15H22O3. The molecule has 1 rings (SSSR count). The molecule has 0 saturated carbocycles. The van der Waals surface area contributed by atoms with Crippen molar-refractivity contribution in [2.45, 2.75) is 40.0 Å². The van der Waals surface area contributed by atoms with Crippen LogP contribution >= 0.6 is 0 Å². The van der Waals surface area contributed by atoms with E-state index >= 15 is 0 Å². The van der Waals surface area contributed by atoms with Gasteiger partial charge in [-0.25, -0.2) is 0 Å². The van der Waals surface area contributed by atoms with Gasteiger partial charge in [0.1, 0.15) is 5.75 Å². The van der Waals surface area contributed by atoms with Gasteiger partial charge >= 0.3 is 5.97 Å². The minimum absolute atomic E-state index is 0.00526. The third-order valence-electron chi connectivity index (χ3n) is 3.02. The summed E-state index contributed by atoms with van der Waals surface area (Å²) >= 11 is 0. The molecule has 0 aromatic heterocycles. The van der Waals surface area contributed by atoms with Crippen molar-refractivity contribution in [3.63, 3.8) is 0 Å². The van der Waals surface area contributed by atoms with Gasteiger partial charge in [0.25, 0.3) is 0 Å². The molecule has 0 spiro atoms. The van der Waals surface area contributed by atoms with Gasteiger partial charge in [-0.1, -0.05) is 32.9 Å². The molecule has 100 valence electrons. The van der Waals surface area contributed by atoms with Crippen molar-refractivity contribution in [2.75, 3.05) is 6.61 Å². The highest BCUT2D eigenvalue weighted by molar-refractivity contribution is 5.68. The molecule has 18 heavy (non-hydrogen) atoms. The Kier molecular flexibility index (Phi) is 4.76. The Hall–Kier alpha value is -1.51. The van der Waals surface area contributed by atoms with Gasteiger partial charge in [-0.15, -0.1) is 0 Å². The number of hydrogen-bond donors (Lipinski definition) is 1. The van der Waals surface area contributed by atoms with Gasteiger partial charge in [-0.3, -0.25) is 4.79 Å². The zero-order valence-electron chi connectivity index (χ0n) is 11.6. The molecule has 0 amide bonds. The molecule has 3 heteroatoms. The highest BCUT2D eigenvalue weighted by atomic mass is 16.5. The lowest BCUT2D eigenvalue weighted by Gasteiger charge is -2.30. The van der Waals surface area contributed by atoms with Gasteiger partial charge in [-0.2, -0.15) is 0 Å². The fourth-order valence-electron chi connectivity index (χ4n) is 2.06. The molecule has 3 nitrogen and oxygen atoms in total. The third kappa shape index (κ3) is 4.06. The number of hydrogen-bond acceptors (Lipinski definition) is 2. The molecule has 0 aliphatic heterocycles. The lowest BCUT2D eigenvalue weighted by molar-refractivity contribution is -0.138. The first-order valence-corrected chi connectivity index (χ1v) is 6.29. The second-order valence-corrected chi connectivity index (χ2v) is 5.52. The Morgan fingerprint density at radius 1 is 1.28 bits per heavy atom. The minimum Gasteiger partial charge on any atom is -0.494 e. The Morgan fingerprint density at radius 2 is 1.83 bits per heavy atom. The summed E-state index contributed by atoms with van der Waals surface area (Å²) in [6.07, 6.45) is 0.150. The number of carboxylic acid groups (broad SMARTS) is 1. The topological polar surface area (TPSA) is 46.5 Å². The summed E-state index contributed by atoms with van der Waals surface area (Å²) in [6.45, 7) is 8.78. The van der Waals surface area contributed by atoms with Gasteiger partial charge < -0.3 is 9.84 Å². The van der Waals surface area contributed by atoms with E-state index in [1.165, 1.54) is 0 Å². The molecule has 0 saturated heterocycles. The molecule has 1 aromatic rings. The first-order chi connectivity index (χ1) is 8.34. The second-order valence-electron chi connectivity index (χ2n) is 5.52. The number of benzene rings is 1. The number of rotatable bonds is 5. The van der Waals surface area contributed by atoms with Crippen molar-refractivity contribution in [2.24, 2.45) is 5.41 Å². The fourth-order valence-corrected chi connectivity index (χ4v) is 2.06. The molecule has 1 N–H and O–H groups in total. The summed E-state index contributed by atoms with van der Waals surface area (Å²) in [5.41, 5.74) is 0.972. The maximum Gasteiger partial charge on any atom is 0.303 e. The molecule has 0 aliphatic rings. The molecule has 1 aromatic carbocycles. The Bertz CT molecular complexity index is 387. The molecule has 0 radical (unpaired) electrons. The van der Waals surface area contributed by atoms with E-state index in [1.54, 1.807) is 0 Å². The Labute approximate surface area is 109 Å². The van der Waals surface area contributed by atoms with E-state index in [0.29, 0.717) is 6.61 Å². The van der Waals surface area contributed by atoms with Crippen LogP contribution in [0.25, 0.3) is 0 Å². The maximum atomic E-state index is 11.0. The SMILES string of the molecule is CCOc1ccc(C(CC(=O)O)C(C)(C)C)cc1. The molecular weight excluding hydrogens is 228 g/mol. The third-order valence-corrected chi connectivity index (χ3v) is 3.02. The first kappa shape index (κ1) is 14.6. The summed E-state index contributed by atoms with van der Waals surface area (Å²) in [4.78, 5) is 11.0. The lowest BCUT2D eigenvalue weighted by atomic mass is 9.74. The molecule has 1 atom stereocenters. The van der Waals surface area contributed by atoms with E-state index in [0.717, 1.165) is 11.3 Å². The monoisotopic (exact) mass is 250 g/mol. The van der Waals surface area contributed by atoms with E-state index in [4.69, 9.17) is 9.84 Å². The summed E-state index contributed by atoms with van der Waals surface area (Å²) < 4.78 is 5.39. The number of carboxylic acids is 1. The van der Waals surface area contributed by atoms with Crippen molar-refractivity contribution in [1.29, 1.82) is 0 Å². The zero-order chi connectivity index (χ0) is 13.8. The van der Waals surface area contributed by atoms with Crippen LogP contribution in [-0.4, -0.2) is 17.7 Å². The van der Waals surface area contributed by atoms with Crippen LogP contribution in [0, 0.1) is 5.41 Å². The number of ether oxygens (including phenoxy) is 1. The summed E-state index contributed by atoms with van der Waals surface area (Å²) in [5.74, 6) is 0.0683. The van der Waals surface area contributed by atoms with Gasteiger partial charge in [0.2, 0.25) is 0 Å². The van der Waals surface area contributed by atoms with Gasteiger partial charge in [-0.05, 0) is 36.0 Å². The smallest absolute Gasteiger partial charge is 0.303 e. The predicted molar refractivity (Wildman–Crippen MR) is 72.1 cm³/mol. The summed E-state index contributed by atoms with van der Waals surface area (Å²) in [7, 11) is 0. The van der Waals surface area contributed by atoms with Crippen LogP contribution in [0.1, 0.15) is 45.6 Å². The quantitative estimate of drug-likeness (QED) is 0.867. The second kappa shape index (κ2) is 5.89. The fraction of sp³-hybridized carbons (Fsp3) is 0.533. The van der Waals surface area contributed by atoms with Crippen LogP contribution < -0.4 is 4.74 Å². The number of carbonyl (C=O) groups is 1. The van der Waals surface area contributed by atoms with Crippen LogP contribution in [-0.2, 0) is 4.79 Å². The molecule has 0 fully saturated rings. The normalized spacial score (nSPS) is 13.1. The van der Waals surface area contributed by atoms with E-state index in [9.17, 15) is 4.79 Å². The summed E-state index contributed by atoms with van der Waals surface area (Å²) in [6, 6.07) is 7.73. The van der Waals surface area contributed by atoms with Crippen LogP contribution in [0.3, 0.4) is 0 Å². The predicted octanol–water partition coefficient (Wildman–Crippen LogP) is 3.69. The van der Waals surface area contributed by atoms with Crippen molar-refractivity contribution < 1.29 is 14.6 Å². The average Bonchev–Trinajstić information content (AvgIpc) is 2.26. The first-order valence-electron chi connectivity index (χ1n) is 6.29. The van der Waals surface area contributed by atoms with Crippen LogP contribution in [0.2, 0.25) is 0 Å². The van der Waals surface area contributed by atoms with E-state index in [2.05, 4.69) is 20.8 Å². The van der Waals surface area contributed by atoms with Crippen LogP contribution in [0.5, 0.6) is 5.75 Å². The molecule has 0 bridgehead atoms. The average molecular weight is 250 g/mol. The van der Waals surface area contributed by atoms with Crippen LogP contribution in [0.15, 0.2) is 24.3 Å². The van der Waals surface area contributed by atoms with E-state index in [1.807, 2.05) is 31.2 Å². The van der Waals surface area contributed by atoms with Crippen molar-refractivity contribution in [1.82, 2.24) is 0 Å². The molecule has 0 aliphatic carbocycles. The lowest BCUT2D eigenvalue weighted by Crippen LogP contribution is -2.21. The van der Waals surface area contributed by atoms with Crippen LogP contribution in [0.4, 0.5) is 0 Å². The maximum absolute atomic E-state index is 11.0. The highest BCUT2D eigenvalue weighted by Crippen LogP contribution is 2.38. The standard InChI is InChI=1S/C15H22O3/c1-5-18-12-8-6-11(7-9-12)13(10-14(16)17)15(2,3)4/h6-9,13H,5,10H2,1-4H3,(H,16,17). The molecule has 0 heterocycles. The van der Waals surface area contributed by atoms with Crippen molar-refractivity contribution >= 4 is 5.97 Å².